The standard InChI is InChI=1S/C15H13Br2F2NO/c16-11-6-9(4-5-20)7-12(17)15(11)21-8-10-2-1-3-13(18)14(10)19/h1-3,6-7H,4-5,8,20H2. The third-order valence-electron chi connectivity index (χ3n) is 2.89. The maximum absolute atomic E-state index is 13.6. The lowest BCUT2D eigenvalue weighted by atomic mass is 10.1. The fourth-order valence-electron chi connectivity index (χ4n) is 1.87. The van der Waals surface area contributed by atoms with E-state index >= 15 is 0 Å². The zero-order valence-corrected chi connectivity index (χ0v) is 14.2. The summed E-state index contributed by atoms with van der Waals surface area (Å²) < 4.78 is 33.8. The SMILES string of the molecule is NCCc1cc(Br)c(OCc2cccc(F)c2F)c(Br)c1. The molecule has 0 saturated carbocycles. The third kappa shape index (κ3) is 4.02. The molecule has 2 nitrogen and oxygen atoms in total. The normalized spacial score (nSPS) is 10.7. The summed E-state index contributed by atoms with van der Waals surface area (Å²) in [7, 11) is 0. The number of rotatable bonds is 5. The van der Waals surface area contributed by atoms with Crippen LogP contribution in [-0.4, -0.2) is 6.54 Å². The Morgan fingerprint density at radius 1 is 1.10 bits per heavy atom. The first-order chi connectivity index (χ1) is 10.0. The molecule has 0 bridgehead atoms. The molecule has 0 atom stereocenters. The van der Waals surface area contributed by atoms with Crippen LogP contribution >= 0.6 is 31.9 Å². The lowest BCUT2D eigenvalue weighted by Crippen LogP contribution is -2.04. The molecule has 0 aliphatic carbocycles. The average Bonchev–Trinajstić information content (AvgIpc) is 2.42. The molecular formula is C15H13Br2F2NO. The monoisotopic (exact) mass is 419 g/mol. The van der Waals surface area contributed by atoms with Crippen LogP contribution in [0.1, 0.15) is 11.1 Å². The Morgan fingerprint density at radius 2 is 1.76 bits per heavy atom. The topological polar surface area (TPSA) is 35.2 Å². The van der Waals surface area contributed by atoms with Gasteiger partial charge in [-0.15, -0.1) is 0 Å². The molecule has 0 radical (unpaired) electrons. The van der Waals surface area contributed by atoms with Crippen molar-refractivity contribution in [3.63, 3.8) is 0 Å². The second-order valence-electron chi connectivity index (χ2n) is 4.43. The van der Waals surface area contributed by atoms with Gasteiger partial charge in [-0.2, -0.15) is 0 Å². The lowest BCUT2D eigenvalue weighted by molar-refractivity contribution is 0.293. The van der Waals surface area contributed by atoms with E-state index < -0.39 is 11.6 Å². The molecule has 2 N–H and O–H groups in total. The first-order valence-electron chi connectivity index (χ1n) is 6.26. The summed E-state index contributed by atoms with van der Waals surface area (Å²) in [4.78, 5) is 0. The molecule has 0 aliphatic heterocycles. The van der Waals surface area contributed by atoms with Crippen molar-refractivity contribution in [3.8, 4) is 5.75 Å². The maximum atomic E-state index is 13.6. The van der Waals surface area contributed by atoms with Crippen LogP contribution in [0.25, 0.3) is 0 Å². The molecule has 0 heterocycles. The van der Waals surface area contributed by atoms with Gasteiger partial charge in [0.25, 0.3) is 0 Å². The molecule has 6 heteroatoms. The molecule has 0 aromatic heterocycles. The number of benzene rings is 2. The van der Waals surface area contributed by atoms with Gasteiger partial charge in [0.05, 0.1) is 8.95 Å². The van der Waals surface area contributed by atoms with Gasteiger partial charge in [0, 0.05) is 5.56 Å². The van der Waals surface area contributed by atoms with Gasteiger partial charge >= 0.3 is 0 Å². The van der Waals surface area contributed by atoms with Crippen molar-refractivity contribution in [2.45, 2.75) is 13.0 Å². The van der Waals surface area contributed by atoms with Crippen LogP contribution < -0.4 is 10.5 Å². The van der Waals surface area contributed by atoms with Gasteiger partial charge in [0.1, 0.15) is 12.4 Å². The van der Waals surface area contributed by atoms with Gasteiger partial charge in [-0.25, -0.2) is 8.78 Å². The van der Waals surface area contributed by atoms with Crippen LogP contribution in [-0.2, 0) is 13.0 Å². The van der Waals surface area contributed by atoms with E-state index in [2.05, 4.69) is 31.9 Å². The Bertz CT molecular complexity index is 627. The van der Waals surface area contributed by atoms with Crippen molar-refractivity contribution in [3.05, 3.63) is 62.0 Å². The van der Waals surface area contributed by atoms with Crippen molar-refractivity contribution in [1.29, 1.82) is 0 Å². The molecule has 112 valence electrons. The highest BCUT2D eigenvalue weighted by Crippen LogP contribution is 2.35. The number of hydrogen-bond donors (Lipinski definition) is 1. The van der Waals surface area contributed by atoms with E-state index in [0.717, 1.165) is 27.0 Å². The quantitative estimate of drug-likeness (QED) is 0.768. The fourth-order valence-corrected chi connectivity index (χ4v) is 3.38. The molecule has 2 rings (SSSR count). The predicted octanol–water partition coefficient (Wildman–Crippen LogP) is 4.57. The van der Waals surface area contributed by atoms with Crippen molar-refractivity contribution in [2.24, 2.45) is 5.73 Å². The van der Waals surface area contributed by atoms with Crippen LogP contribution in [0.2, 0.25) is 0 Å². The second-order valence-corrected chi connectivity index (χ2v) is 6.14. The molecule has 0 saturated heterocycles. The van der Waals surface area contributed by atoms with E-state index in [9.17, 15) is 8.78 Å². The second kappa shape index (κ2) is 7.33. The Kier molecular flexibility index (Phi) is 5.72. The molecule has 0 spiro atoms. The van der Waals surface area contributed by atoms with Crippen LogP contribution in [0.15, 0.2) is 39.3 Å². The number of ether oxygens (including phenoxy) is 1. The summed E-state index contributed by atoms with van der Waals surface area (Å²) >= 11 is 6.82. The molecular weight excluding hydrogens is 408 g/mol. The summed E-state index contributed by atoms with van der Waals surface area (Å²) in [5, 5.41) is 0. The van der Waals surface area contributed by atoms with E-state index in [0.29, 0.717) is 12.3 Å². The molecule has 21 heavy (non-hydrogen) atoms. The van der Waals surface area contributed by atoms with Gasteiger partial charge < -0.3 is 10.5 Å². The third-order valence-corrected chi connectivity index (χ3v) is 4.07. The van der Waals surface area contributed by atoms with Crippen molar-refractivity contribution in [2.75, 3.05) is 6.54 Å². The summed E-state index contributed by atoms with van der Waals surface area (Å²) in [6.07, 6.45) is 0.746. The molecule has 0 fully saturated rings. The van der Waals surface area contributed by atoms with Crippen LogP contribution in [0, 0.1) is 11.6 Å². The molecule has 0 aliphatic rings. The molecule has 0 unspecified atom stereocenters. The van der Waals surface area contributed by atoms with E-state index in [-0.39, 0.29) is 12.2 Å². The highest BCUT2D eigenvalue weighted by molar-refractivity contribution is 9.11. The number of nitrogens with two attached hydrogens (primary N) is 1. The van der Waals surface area contributed by atoms with Crippen molar-refractivity contribution in [1.82, 2.24) is 0 Å². The number of halogens is 4. The van der Waals surface area contributed by atoms with Gasteiger partial charge in [0.15, 0.2) is 11.6 Å². The molecule has 2 aromatic carbocycles. The average molecular weight is 421 g/mol. The van der Waals surface area contributed by atoms with E-state index in [1.165, 1.54) is 12.1 Å². The van der Waals surface area contributed by atoms with E-state index in [1.54, 1.807) is 0 Å². The van der Waals surface area contributed by atoms with Crippen molar-refractivity contribution < 1.29 is 13.5 Å². The lowest BCUT2D eigenvalue weighted by Gasteiger charge is -2.12. The van der Waals surface area contributed by atoms with Crippen LogP contribution in [0.3, 0.4) is 0 Å². The molecule has 2 aromatic rings. The summed E-state index contributed by atoms with van der Waals surface area (Å²) in [6.45, 7) is 0.491. The minimum Gasteiger partial charge on any atom is -0.486 e. The summed E-state index contributed by atoms with van der Waals surface area (Å²) in [5.41, 5.74) is 6.75. The predicted molar refractivity (Wildman–Crippen MR) is 85.3 cm³/mol. The van der Waals surface area contributed by atoms with Crippen molar-refractivity contribution >= 4 is 31.9 Å². The maximum Gasteiger partial charge on any atom is 0.165 e. The highest BCUT2D eigenvalue weighted by Gasteiger charge is 2.12. The first kappa shape index (κ1) is 16.4. The van der Waals surface area contributed by atoms with Gasteiger partial charge in [0.2, 0.25) is 0 Å². The highest BCUT2D eigenvalue weighted by atomic mass is 79.9. The van der Waals surface area contributed by atoms with Gasteiger partial charge in [-0.1, -0.05) is 12.1 Å². The van der Waals surface area contributed by atoms with Gasteiger partial charge in [-0.05, 0) is 68.6 Å². The molecule has 0 amide bonds. The van der Waals surface area contributed by atoms with Gasteiger partial charge in [-0.3, -0.25) is 0 Å². The Labute approximate surface area is 138 Å². The summed E-state index contributed by atoms with van der Waals surface area (Å²) in [5.74, 6) is -1.23. The first-order valence-corrected chi connectivity index (χ1v) is 7.85. The minimum atomic E-state index is -0.885. The smallest absolute Gasteiger partial charge is 0.165 e. The fraction of sp³-hybridized carbons (Fsp3) is 0.200. The largest absolute Gasteiger partial charge is 0.486 e. The summed E-state index contributed by atoms with van der Waals surface area (Å²) in [6, 6.07) is 7.81. The van der Waals surface area contributed by atoms with Crippen LogP contribution in [0.4, 0.5) is 8.78 Å². The van der Waals surface area contributed by atoms with Crippen LogP contribution in [0.5, 0.6) is 5.75 Å². The van der Waals surface area contributed by atoms with E-state index in [4.69, 9.17) is 10.5 Å². The number of hydrogen-bond acceptors (Lipinski definition) is 2. The Balaban J connectivity index is 2.18. The minimum absolute atomic E-state index is 0.0585. The Hall–Kier alpha value is -0.980. The Morgan fingerprint density at radius 3 is 2.38 bits per heavy atom. The zero-order valence-electron chi connectivity index (χ0n) is 11.0. The van der Waals surface area contributed by atoms with E-state index in [1.807, 2.05) is 12.1 Å². The zero-order chi connectivity index (χ0) is 15.4.